The molecule has 0 radical (unpaired) electrons. The number of anilines is 1. The average molecular weight is 207 g/mol. The van der Waals surface area contributed by atoms with E-state index in [4.69, 9.17) is 0 Å². The van der Waals surface area contributed by atoms with E-state index >= 15 is 0 Å². The van der Waals surface area contributed by atoms with Gasteiger partial charge in [0.2, 0.25) is 0 Å². The molecule has 0 aliphatic carbocycles. The highest BCUT2D eigenvalue weighted by molar-refractivity contribution is 5.54. The Bertz CT molecular complexity index is 373. The maximum Gasteiger partial charge on any atom is 0.164 e. The topological polar surface area (TPSA) is 23.5 Å². The van der Waals surface area contributed by atoms with Crippen molar-refractivity contribution in [2.24, 2.45) is 0 Å². The van der Waals surface area contributed by atoms with Crippen molar-refractivity contribution in [1.82, 2.24) is 0 Å². The van der Waals surface area contributed by atoms with Gasteiger partial charge < -0.3 is 10.0 Å². The number of hydrogen-bond acceptors (Lipinski definition) is 2. The molecule has 80 valence electrons. The Morgan fingerprint density at radius 2 is 1.73 bits per heavy atom. The van der Waals surface area contributed by atoms with E-state index in [2.05, 4.69) is 4.90 Å². The molecule has 2 bridgehead atoms. The zero-order valence-electron chi connectivity index (χ0n) is 8.49. The molecule has 2 aliphatic rings. The molecule has 15 heavy (non-hydrogen) atoms. The average Bonchev–Trinajstić information content (AvgIpc) is 2.81. The van der Waals surface area contributed by atoms with Crippen molar-refractivity contribution in [3.8, 4) is 5.75 Å². The zero-order valence-corrected chi connectivity index (χ0v) is 8.49. The molecule has 1 aromatic rings. The van der Waals surface area contributed by atoms with Crippen LogP contribution < -0.4 is 4.90 Å². The van der Waals surface area contributed by atoms with Crippen LogP contribution in [0.2, 0.25) is 0 Å². The van der Waals surface area contributed by atoms with E-state index in [0.29, 0.717) is 12.1 Å². The quantitative estimate of drug-likeness (QED) is 0.765. The molecule has 1 aromatic carbocycles. The molecule has 2 heterocycles. The van der Waals surface area contributed by atoms with Crippen LogP contribution in [0, 0.1) is 5.82 Å². The first-order valence-electron chi connectivity index (χ1n) is 5.52. The Morgan fingerprint density at radius 3 is 2.27 bits per heavy atom. The summed E-state index contributed by atoms with van der Waals surface area (Å²) < 4.78 is 12.9. The molecule has 0 spiro atoms. The van der Waals surface area contributed by atoms with E-state index in [1.165, 1.54) is 31.7 Å². The van der Waals surface area contributed by atoms with Crippen molar-refractivity contribution in [3.63, 3.8) is 0 Å². The molecule has 0 aromatic heterocycles. The molecular weight excluding hydrogens is 193 g/mol. The number of rotatable bonds is 1. The van der Waals surface area contributed by atoms with Crippen molar-refractivity contribution in [2.45, 2.75) is 37.8 Å². The number of benzene rings is 1. The van der Waals surface area contributed by atoms with Crippen LogP contribution in [-0.2, 0) is 0 Å². The van der Waals surface area contributed by atoms with Gasteiger partial charge in [-0.3, -0.25) is 0 Å². The molecule has 2 nitrogen and oxygen atoms in total. The van der Waals surface area contributed by atoms with Crippen molar-refractivity contribution >= 4 is 5.69 Å². The normalized spacial score (nSPS) is 28.7. The molecule has 2 aliphatic heterocycles. The highest BCUT2D eigenvalue weighted by Gasteiger charge is 2.39. The number of fused-ring (bicyclic) bond motifs is 2. The number of halogens is 1. The minimum Gasteiger partial charge on any atom is -0.505 e. The largest absolute Gasteiger partial charge is 0.505 e. The first kappa shape index (κ1) is 9.01. The van der Waals surface area contributed by atoms with E-state index in [9.17, 15) is 9.50 Å². The summed E-state index contributed by atoms with van der Waals surface area (Å²) in [6, 6.07) is 5.89. The standard InChI is InChI=1S/C12H14FNO/c13-11-6-5-10(7-12(11)15)14-8-1-2-9(14)4-3-8/h5-9,15H,1-4H2. The van der Waals surface area contributed by atoms with Gasteiger partial charge in [-0.1, -0.05) is 0 Å². The SMILES string of the molecule is Oc1cc(N2C3CCC2CC3)ccc1F. The second kappa shape index (κ2) is 3.12. The minimum atomic E-state index is -0.537. The summed E-state index contributed by atoms with van der Waals surface area (Å²) >= 11 is 0. The molecule has 2 fully saturated rings. The third kappa shape index (κ3) is 1.29. The first-order chi connectivity index (χ1) is 7.25. The number of aromatic hydroxyl groups is 1. The van der Waals surface area contributed by atoms with E-state index in [-0.39, 0.29) is 5.75 Å². The van der Waals surface area contributed by atoms with Gasteiger partial charge >= 0.3 is 0 Å². The third-order valence-electron chi connectivity index (χ3n) is 3.68. The lowest BCUT2D eigenvalue weighted by Crippen LogP contribution is -2.27. The number of hydrogen-bond donors (Lipinski definition) is 1. The second-order valence-electron chi connectivity index (χ2n) is 4.51. The predicted molar refractivity (Wildman–Crippen MR) is 56.6 cm³/mol. The van der Waals surface area contributed by atoms with Crippen molar-refractivity contribution < 1.29 is 9.50 Å². The van der Waals surface area contributed by atoms with Crippen LogP contribution in [0.4, 0.5) is 10.1 Å². The summed E-state index contributed by atoms with van der Waals surface area (Å²) in [6.07, 6.45) is 4.96. The van der Waals surface area contributed by atoms with Gasteiger partial charge in [-0.2, -0.15) is 0 Å². The summed E-state index contributed by atoms with van der Waals surface area (Å²) in [5.41, 5.74) is 0.971. The summed E-state index contributed by atoms with van der Waals surface area (Å²) in [6.45, 7) is 0. The van der Waals surface area contributed by atoms with E-state index in [1.54, 1.807) is 12.1 Å². The lowest BCUT2D eigenvalue weighted by Gasteiger charge is -2.24. The van der Waals surface area contributed by atoms with Crippen LogP contribution in [0.1, 0.15) is 25.7 Å². The molecule has 0 unspecified atom stereocenters. The van der Waals surface area contributed by atoms with Crippen molar-refractivity contribution in [2.75, 3.05) is 4.90 Å². The molecule has 0 atom stereocenters. The minimum absolute atomic E-state index is 0.237. The summed E-state index contributed by atoms with van der Waals surface area (Å²) in [5, 5.41) is 9.35. The lowest BCUT2D eigenvalue weighted by atomic mass is 10.0. The number of phenols is 1. The summed E-state index contributed by atoms with van der Waals surface area (Å²) in [5.74, 6) is -0.774. The molecule has 0 saturated carbocycles. The van der Waals surface area contributed by atoms with Crippen molar-refractivity contribution in [1.29, 1.82) is 0 Å². The maximum absolute atomic E-state index is 12.9. The highest BCUT2D eigenvalue weighted by Crippen LogP contribution is 2.41. The fourth-order valence-electron chi connectivity index (χ4n) is 3.00. The smallest absolute Gasteiger partial charge is 0.164 e. The van der Waals surface area contributed by atoms with Gasteiger partial charge in [0.25, 0.3) is 0 Å². The van der Waals surface area contributed by atoms with Crippen molar-refractivity contribution in [3.05, 3.63) is 24.0 Å². The highest BCUT2D eigenvalue weighted by atomic mass is 19.1. The molecule has 1 N–H and O–H groups in total. The maximum atomic E-state index is 12.9. The van der Waals surface area contributed by atoms with Gasteiger partial charge in [-0.15, -0.1) is 0 Å². The van der Waals surface area contributed by atoms with Gasteiger partial charge in [0.1, 0.15) is 0 Å². The summed E-state index contributed by atoms with van der Waals surface area (Å²) in [7, 11) is 0. The molecule has 3 rings (SSSR count). The van der Waals surface area contributed by atoms with Gasteiger partial charge in [-0.25, -0.2) is 4.39 Å². The molecule has 0 amide bonds. The number of phenolic OH excluding ortho intramolecular Hbond substituents is 1. The second-order valence-corrected chi connectivity index (χ2v) is 4.51. The molecule has 3 heteroatoms. The monoisotopic (exact) mass is 207 g/mol. The Hall–Kier alpha value is -1.25. The Morgan fingerprint density at radius 1 is 1.13 bits per heavy atom. The van der Waals surface area contributed by atoms with Crippen LogP contribution in [-0.4, -0.2) is 17.2 Å². The van der Waals surface area contributed by atoms with Gasteiger partial charge in [0.15, 0.2) is 11.6 Å². The Kier molecular flexibility index (Phi) is 1.87. The van der Waals surface area contributed by atoms with E-state index in [0.717, 1.165) is 5.69 Å². The summed E-state index contributed by atoms with van der Waals surface area (Å²) in [4.78, 5) is 2.35. The Labute approximate surface area is 88.3 Å². The van der Waals surface area contributed by atoms with Gasteiger partial charge in [0, 0.05) is 23.8 Å². The van der Waals surface area contributed by atoms with Crippen LogP contribution in [0.3, 0.4) is 0 Å². The lowest BCUT2D eigenvalue weighted by molar-refractivity contribution is 0.432. The number of nitrogens with zero attached hydrogens (tertiary/aromatic N) is 1. The molecular formula is C12H14FNO. The third-order valence-corrected chi connectivity index (χ3v) is 3.68. The van der Waals surface area contributed by atoms with Crippen LogP contribution in [0.15, 0.2) is 18.2 Å². The van der Waals surface area contributed by atoms with Gasteiger partial charge in [-0.05, 0) is 37.8 Å². The molecule has 2 saturated heterocycles. The predicted octanol–water partition coefficient (Wildman–Crippen LogP) is 2.66. The Balaban J connectivity index is 1.96. The fraction of sp³-hybridized carbons (Fsp3) is 0.500. The van der Waals surface area contributed by atoms with Gasteiger partial charge in [0.05, 0.1) is 0 Å². The van der Waals surface area contributed by atoms with Crippen LogP contribution in [0.5, 0.6) is 5.75 Å². The zero-order chi connectivity index (χ0) is 10.4. The first-order valence-corrected chi connectivity index (χ1v) is 5.52. The fourth-order valence-corrected chi connectivity index (χ4v) is 3.00. The van der Waals surface area contributed by atoms with Crippen LogP contribution >= 0.6 is 0 Å². The van der Waals surface area contributed by atoms with E-state index in [1.807, 2.05) is 0 Å². The van der Waals surface area contributed by atoms with E-state index < -0.39 is 5.82 Å². The van der Waals surface area contributed by atoms with Crippen LogP contribution in [0.25, 0.3) is 0 Å².